The highest BCUT2D eigenvalue weighted by molar-refractivity contribution is 5.86. The Morgan fingerprint density at radius 2 is 1.76 bits per heavy atom. The molecule has 1 N–H and O–H groups in total. The fourth-order valence-corrected chi connectivity index (χ4v) is 5.06. The summed E-state index contributed by atoms with van der Waals surface area (Å²) in [4.78, 5) is 11.8. The van der Waals surface area contributed by atoms with Crippen LogP contribution >= 0.6 is 0 Å². The van der Waals surface area contributed by atoms with Gasteiger partial charge in [-0.25, -0.2) is 4.79 Å². The molecular formula is C25H36O4. The molecule has 2 saturated carbocycles. The van der Waals surface area contributed by atoms with E-state index in [2.05, 4.69) is 18.7 Å². The number of ether oxygens (including phenoxy) is 2. The lowest BCUT2D eigenvalue weighted by atomic mass is 9.70. The van der Waals surface area contributed by atoms with E-state index in [1.807, 2.05) is 6.07 Å². The Balaban J connectivity index is 1.64. The summed E-state index contributed by atoms with van der Waals surface area (Å²) in [6.45, 7) is 5.63. The average Bonchev–Trinajstić information content (AvgIpc) is 2.77. The highest BCUT2D eigenvalue weighted by Crippen LogP contribution is 2.43. The molecule has 4 nitrogen and oxygen atoms in total. The molecule has 2 fully saturated rings. The average molecular weight is 401 g/mol. The highest BCUT2D eigenvalue weighted by Gasteiger charge is 2.29. The van der Waals surface area contributed by atoms with Crippen molar-refractivity contribution in [3.05, 3.63) is 41.5 Å². The third-order valence-electron chi connectivity index (χ3n) is 6.70. The summed E-state index contributed by atoms with van der Waals surface area (Å²) in [5.74, 6) is 2.72. The second kappa shape index (κ2) is 10.8. The van der Waals surface area contributed by atoms with Gasteiger partial charge in [-0.05, 0) is 68.1 Å². The Hall–Kier alpha value is -1.81. The Labute approximate surface area is 175 Å². The maximum Gasteiger partial charge on any atom is 0.333 e. The highest BCUT2D eigenvalue weighted by atomic mass is 16.5. The number of rotatable bonds is 8. The zero-order chi connectivity index (χ0) is 20.6. The lowest BCUT2D eigenvalue weighted by Crippen LogP contribution is -2.23. The molecule has 160 valence electrons. The topological polar surface area (TPSA) is 55.8 Å². The Morgan fingerprint density at radius 1 is 1.07 bits per heavy atom. The van der Waals surface area contributed by atoms with E-state index in [9.17, 15) is 4.79 Å². The van der Waals surface area contributed by atoms with Crippen LogP contribution in [0.3, 0.4) is 0 Å². The molecule has 0 aliphatic heterocycles. The van der Waals surface area contributed by atoms with Crippen molar-refractivity contribution in [3.63, 3.8) is 0 Å². The van der Waals surface area contributed by atoms with Crippen LogP contribution in [0.2, 0.25) is 0 Å². The second-order valence-electron chi connectivity index (χ2n) is 8.81. The van der Waals surface area contributed by atoms with Crippen molar-refractivity contribution in [3.8, 4) is 5.75 Å². The van der Waals surface area contributed by atoms with E-state index in [4.69, 9.17) is 14.6 Å². The first-order valence-electron chi connectivity index (χ1n) is 11.3. The fourth-order valence-electron chi connectivity index (χ4n) is 5.06. The van der Waals surface area contributed by atoms with Gasteiger partial charge in [0.15, 0.2) is 0 Å². The zero-order valence-corrected chi connectivity index (χ0v) is 17.8. The molecule has 1 aromatic rings. The number of hydrogen-bond acceptors (Lipinski definition) is 4. The lowest BCUT2D eigenvalue weighted by molar-refractivity contribution is -0.140. The van der Waals surface area contributed by atoms with Crippen LogP contribution in [0, 0.1) is 11.8 Å². The van der Waals surface area contributed by atoms with Crippen molar-refractivity contribution in [2.24, 2.45) is 11.8 Å². The van der Waals surface area contributed by atoms with Crippen molar-refractivity contribution < 1.29 is 19.4 Å². The summed E-state index contributed by atoms with van der Waals surface area (Å²) in [6, 6.07) is 6.23. The summed E-state index contributed by atoms with van der Waals surface area (Å²) >= 11 is 0. The number of benzene rings is 1. The van der Waals surface area contributed by atoms with Gasteiger partial charge in [0.25, 0.3) is 0 Å². The third kappa shape index (κ3) is 6.08. The molecule has 0 heterocycles. The van der Waals surface area contributed by atoms with E-state index in [1.54, 1.807) is 6.92 Å². The molecule has 0 aromatic heterocycles. The predicted octanol–water partition coefficient (Wildman–Crippen LogP) is 5.53. The van der Waals surface area contributed by atoms with E-state index in [-0.39, 0.29) is 19.8 Å². The van der Waals surface area contributed by atoms with E-state index in [1.165, 1.54) is 63.4 Å². The number of hydrogen-bond donors (Lipinski definition) is 1. The Bertz CT molecular complexity index is 682. The van der Waals surface area contributed by atoms with Crippen molar-refractivity contribution in [2.75, 3.05) is 13.2 Å². The van der Waals surface area contributed by atoms with Gasteiger partial charge in [0.2, 0.25) is 0 Å². The molecule has 0 bridgehead atoms. The number of esters is 1. The minimum Gasteiger partial charge on any atom is -0.491 e. The van der Waals surface area contributed by atoms with E-state index in [0.29, 0.717) is 17.2 Å². The smallest absolute Gasteiger partial charge is 0.333 e. The fraction of sp³-hybridized carbons (Fsp3) is 0.640. The van der Waals surface area contributed by atoms with Crippen molar-refractivity contribution in [1.29, 1.82) is 0 Å². The van der Waals surface area contributed by atoms with E-state index >= 15 is 0 Å². The van der Waals surface area contributed by atoms with Crippen molar-refractivity contribution in [1.82, 2.24) is 0 Å². The van der Waals surface area contributed by atoms with Crippen molar-refractivity contribution in [2.45, 2.75) is 77.2 Å². The van der Waals surface area contributed by atoms with Crippen LogP contribution in [-0.2, 0) is 16.1 Å². The monoisotopic (exact) mass is 400 g/mol. The second-order valence-corrected chi connectivity index (χ2v) is 8.81. The van der Waals surface area contributed by atoms with Gasteiger partial charge >= 0.3 is 5.97 Å². The first-order chi connectivity index (χ1) is 14.1. The summed E-state index contributed by atoms with van der Waals surface area (Å²) in [5, 5.41) is 9.08. The molecule has 4 heteroatoms. The molecule has 3 rings (SSSR count). The summed E-state index contributed by atoms with van der Waals surface area (Å²) in [5.41, 5.74) is 2.56. The van der Waals surface area contributed by atoms with Gasteiger partial charge in [-0.3, -0.25) is 0 Å². The molecular weight excluding hydrogens is 364 g/mol. The molecule has 0 atom stereocenters. The van der Waals surface area contributed by atoms with Gasteiger partial charge in [0.05, 0.1) is 6.61 Å². The predicted molar refractivity (Wildman–Crippen MR) is 115 cm³/mol. The minimum absolute atomic E-state index is 0.0437. The molecule has 0 radical (unpaired) electrons. The largest absolute Gasteiger partial charge is 0.491 e. The molecule has 0 spiro atoms. The maximum atomic E-state index is 11.8. The Kier molecular flexibility index (Phi) is 8.17. The van der Waals surface area contributed by atoms with Gasteiger partial charge in [-0.15, -0.1) is 0 Å². The molecule has 2 aliphatic rings. The SMILES string of the molecule is C=C(C)C(=O)OCc1cc(C2CCC(C3CCCCC3)CC2)ccc1OCCO. The van der Waals surface area contributed by atoms with E-state index in [0.717, 1.165) is 17.4 Å². The number of aliphatic hydroxyl groups excluding tert-OH is 1. The number of carbonyl (C=O) groups is 1. The molecule has 0 amide bonds. The summed E-state index contributed by atoms with van der Waals surface area (Å²) < 4.78 is 11.0. The zero-order valence-electron chi connectivity index (χ0n) is 17.8. The maximum absolute atomic E-state index is 11.8. The molecule has 2 aliphatic carbocycles. The van der Waals surface area contributed by atoms with Crippen LogP contribution in [0.1, 0.15) is 81.8 Å². The third-order valence-corrected chi connectivity index (χ3v) is 6.70. The normalized spacial score (nSPS) is 22.8. The lowest BCUT2D eigenvalue weighted by Gasteiger charge is -2.36. The van der Waals surface area contributed by atoms with Gasteiger partial charge in [0.1, 0.15) is 19.0 Å². The summed E-state index contributed by atoms with van der Waals surface area (Å²) in [7, 11) is 0. The quantitative estimate of drug-likeness (QED) is 0.460. The molecule has 1 aromatic carbocycles. The van der Waals surface area contributed by atoms with Crippen LogP contribution in [0.4, 0.5) is 0 Å². The minimum atomic E-state index is -0.392. The van der Waals surface area contributed by atoms with Gasteiger partial charge in [0, 0.05) is 11.1 Å². The van der Waals surface area contributed by atoms with Gasteiger partial charge in [-0.1, -0.05) is 44.7 Å². The number of aliphatic hydroxyl groups is 1. The molecule has 0 saturated heterocycles. The van der Waals surface area contributed by atoms with Crippen LogP contribution < -0.4 is 4.74 Å². The number of carbonyl (C=O) groups excluding carboxylic acids is 1. The van der Waals surface area contributed by atoms with E-state index < -0.39 is 5.97 Å². The Morgan fingerprint density at radius 3 is 2.41 bits per heavy atom. The van der Waals surface area contributed by atoms with Crippen LogP contribution in [0.5, 0.6) is 5.75 Å². The first kappa shape index (κ1) is 21.9. The molecule has 0 unspecified atom stereocenters. The van der Waals surface area contributed by atoms with Crippen LogP contribution in [0.25, 0.3) is 0 Å². The van der Waals surface area contributed by atoms with Gasteiger partial charge in [-0.2, -0.15) is 0 Å². The summed E-state index contributed by atoms with van der Waals surface area (Å²) in [6.07, 6.45) is 12.3. The van der Waals surface area contributed by atoms with Crippen LogP contribution in [-0.4, -0.2) is 24.3 Å². The van der Waals surface area contributed by atoms with Crippen molar-refractivity contribution >= 4 is 5.97 Å². The molecule has 29 heavy (non-hydrogen) atoms. The van der Waals surface area contributed by atoms with Gasteiger partial charge < -0.3 is 14.6 Å². The standard InChI is InChI=1S/C25H36O4/c1-18(2)25(27)29-17-23-16-22(12-13-24(23)28-15-14-26)21-10-8-20(9-11-21)19-6-4-3-5-7-19/h12-13,16,19-21,26H,1,3-11,14-15,17H2,2H3. The van der Waals surface area contributed by atoms with Crippen LogP contribution in [0.15, 0.2) is 30.4 Å². The first-order valence-corrected chi connectivity index (χ1v) is 11.3.